The topological polar surface area (TPSA) is 191 Å². The first kappa shape index (κ1) is 44.1. The van der Waals surface area contributed by atoms with E-state index in [1.807, 2.05) is 27.7 Å². The highest BCUT2D eigenvalue weighted by Gasteiger charge is 2.25. The van der Waals surface area contributed by atoms with E-state index in [-0.39, 0.29) is 60.4 Å². The van der Waals surface area contributed by atoms with Gasteiger partial charge < -0.3 is 18.9 Å². The summed E-state index contributed by atoms with van der Waals surface area (Å²) in [4.78, 5) is 59.0. The number of rotatable bonds is 13. The van der Waals surface area contributed by atoms with E-state index in [2.05, 4.69) is 0 Å². The van der Waals surface area contributed by atoms with Crippen LogP contribution >= 0.6 is 0 Å². The number of carbonyl (C=O) groups is 2. The lowest BCUT2D eigenvalue weighted by molar-refractivity contribution is -0.386. The molecule has 0 saturated heterocycles. The third-order valence-corrected chi connectivity index (χ3v) is 6.21. The van der Waals surface area contributed by atoms with Gasteiger partial charge in [-0.15, -0.1) is 0 Å². The molecule has 2 aliphatic rings. The van der Waals surface area contributed by atoms with Gasteiger partial charge in [0.05, 0.1) is 36.1 Å². The van der Waals surface area contributed by atoms with Crippen molar-refractivity contribution in [3.63, 3.8) is 0 Å². The SMILES string of the molecule is C.CCCC(=O)OC(C)(C)C.CCOC(=O)Cc1ccc([N+](=O)[O-])c(OCC2CC2)c1.O=C=O.O=[N+]([O-])c1ccc(F)cc1OCC1CC1. The van der Waals surface area contributed by atoms with Gasteiger partial charge in [0, 0.05) is 24.6 Å². The molecule has 2 aromatic rings. The van der Waals surface area contributed by atoms with Crippen LogP contribution in [0.1, 0.15) is 86.1 Å². The van der Waals surface area contributed by atoms with Gasteiger partial charge in [-0.05, 0) is 89.3 Å². The highest BCUT2D eigenvalue weighted by molar-refractivity contribution is 5.73. The average Bonchev–Trinajstić information content (AvgIpc) is 3.91. The minimum atomic E-state index is -0.568. The molecule has 2 saturated carbocycles. The van der Waals surface area contributed by atoms with E-state index < -0.39 is 15.7 Å². The van der Waals surface area contributed by atoms with Gasteiger partial charge in [0.25, 0.3) is 0 Å². The largest absolute Gasteiger partial charge is 0.487 e. The fourth-order valence-electron chi connectivity index (χ4n) is 3.65. The van der Waals surface area contributed by atoms with E-state index in [1.165, 1.54) is 6.07 Å². The van der Waals surface area contributed by atoms with Gasteiger partial charge in [0.15, 0.2) is 11.5 Å². The first-order valence-corrected chi connectivity index (χ1v) is 15.5. The number of ether oxygens (including phenoxy) is 4. The molecule has 15 heteroatoms. The lowest BCUT2D eigenvalue weighted by atomic mass is 10.1. The van der Waals surface area contributed by atoms with Crippen molar-refractivity contribution in [2.45, 2.75) is 92.6 Å². The summed E-state index contributed by atoms with van der Waals surface area (Å²) in [6.45, 7) is 10.6. The van der Waals surface area contributed by atoms with Crippen LogP contribution in [0.2, 0.25) is 0 Å². The van der Waals surface area contributed by atoms with Crippen molar-refractivity contribution in [3.8, 4) is 11.5 Å². The van der Waals surface area contributed by atoms with E-state index in [0.717, 1.165) is 50.3 Å². The monoisotopic (exact) mass is 694 g/mol. The Morgan fingerprint density at radius 2 is 1.33 bits per heavy atom. The predicted molar refractivity (Wildman–Crippen MR) is 175 cm³/mol. The quantitative estimate of drug-likeness (QED) is 0.117. The van der Waals surface area contributed by atoms with Gasteiger partial charge in [0.2, 0.25) is 0 Å². The fourth-order valence-corrected chi connectivity index (χ4v) is 3.65. The first-order chi connectivity index (χ1) is 22.6. The van der Waals surface area contributed by atoms with Crippen molar-refractivity contribution in [1.29, 1.82) is 0 Å². The number of esters is 2. The number of benzene rings is 2. The molecule has 0 aromatic heterocycles. The van der Waals surface area contributed by atoms with E-state index >= 15 is 0 Å². The van der Waals surface area contributed by atoms with Crippen molar-refractivity contribution < 1.29 is 52.4 Å². The second-order valence-corrected chi connectivity index (χ2v) is 11.8. The normalized spacial score (nSPS) is 12.7. The van der Waals surface area contributed by atoms with Gasteiger partial charge in [-0.1, -0.05) is 20.4 Å². The number of halogens is 1. The zero-order valence-electron chi connectivity index (χ0n) is 27.9. The van der Waals surface area contributed by atoms with Crippen LogP contribution in [-0.2, 0) is 35.1 Å². The Labute approximate surface area is 285 Å². The van der Waals surface area contributed by atoms with Crippen LogP contribution in [0.5, 0.6) is 11.5 Å². The van der Waals surface area contributed by atoms with Gasteiger partial charge in [-0.2, -0.15) is 9.59 Å². The minimum absolute atomic E-state index is 0. The van der Waals surface area contributed by atoms with Gasteiger partial charge in [-0.3, -0.25) is 29.8 Å². The molecule has 2 aliphatic carbocycles. The van der Waals surface area contributed by atoms with Crippen molar-refractivity contribution in [1.82, 2.24) is 0 Å². The predicted octanol–water partition coefficient (Wildman–Crippen LogP) is 7.19. The molecule has 0 heterocycles. The maximum Gasteiger partial charge on any atom is 0.373 e. The van der Waals surface area contributed by atoms with E-state index in [9.17, 15) is 34.2 Å². The molecule has 0 N–H and O–H groups in total. The first-order valence-electron chi connectivity index (χ1n) is 15.5. The summed E-state index contributed by atoms with van der Waals surface area (Å²) in [5.74, 6) is 0.252. The van der Waals surface area contributed by atoms with Crippen LogP contribution in [0.15, 0.2) is 36.4 Å². The summed E-state index contributed by atoms with van der Waals surface area (Å²) in [5.41, 5.74) is 0.0712. The number of nitrogens with zero attached hydrogens (tertiary/aromatic N) is 2. The third kappa shape index (κ3) is 20.1. The zero-order chi connectivity index (χ0) is 36.3. The number of carbonyl (C=O) groups excluding carboxylic acids is 4. The van der Waals surface area contributed by atoms with Crippen LogP contribution in [0, 0.1) is 37.9 Å². The molecule has 0 unspecified atom stereocenters. The van der Waals surface area contributed by atoms with Crippen LogP contribution in [0.25, 0.3) is 0 Å². The van der Waals surface area contributed by atoms with Crippen LogP contribution in [0.4, 0.5) is 15.8 Å². The van der Waals surface area contributed by atoms with Crippen LogP contribution in [0.3, 0.4) is 0 Å². The standard InChI is InChI=1S/C14H17NO5.C10H10FNO3.C8H16O2.CO2.CH4/c1-2-19-14(16)8-11-5-6-12(15(17)18)13(7-11)20-9-10-3-4-10;11-8-3-4-9(12(13)14)10(5-8)15-6-7-1-2-7;1-5-6-7(9)10-8(2,3)4;2-1-3;/h5-7,10H,2-4,8-9H2,1H3;3-5,7H,1-2,6H2;5-6H2,1-4H3;;1H4. The molecule has 0 radical (unpaired) electrons. The van der Waals surface area contributed by atoms with E-state index in [1.54, 1.807) is 19.1 Å². The van der Waals surface area contributed by atoms with E-state index in [4.69, 9.17) is 28.5 Å². The van der Waals surface area contributed by atoms with E-state index in [0.29, 0.717) is 43.6 Å². The molecule has 49 heavy (non-hydrogen) atoms. The molecule has 0 atom stereocenters. The molecule has 0 amide bonds. The highest BCUT2D eigenvalue weighted by atomic mass is 19.1. The average molecular weight is 695 g/mol. The van der Waals surface area contributed by atoms with Crippen molar-refractivity contribution in [2.24, 2.45) is 11.8 Å². The summed E-state index contributed by atoms with van der Waals surface area (Å²) < 4.78 is 33.5. The number of nitro groups is 2. The Morgan fingerprint density at radius 3 is 1.73 bits per heavy atom. The Kier molecular flexibility index (Phi) is 20.4. The molecule has 0 aliphatic heterocycles. The highest BCUT2D eigenvalue weighted by Crippen LogP contribution is 2.34. The number of hydrogen-bond donors (Lipinski definition) is 0. The van der Waals surface area contributed by atoms with Gasteiger partial charge in [-0.25, -0.2) is 4.39 Å². The van der Waals surface area contributed by atoms with Gasteiger partial charge in [0.1, 0.15) is 11.4 Å². The van der Waals surface area contributed by atoms with Crippen molar-refractivity contribution in [2.75, 3.05) is 19.8 Å². The zero-order valence-corrected chi connectivity index (χ0v) is 27.9. The number of hydrogen-bond acceptors (Lipinski definition) is 12. The van der Waals surface area contributed by atoms with Crippen molar-refractivity contribution in [3.05, 3.63) is 68.0 Å². The molecule has 0 bridgehead atoms. The lowest BCUT2D eigenvalue weighted by Gasteiger charge is -2.18. The molecule has 272 valence electrons. The van der Waals surface area contributed by atoms with Gasteiger partial charge >= 0.3 is 29.5 Å². The molecule has 14 nitrogen and oxygen atoms in total. The Balaban J connectivity index is 0.000000705. The Hall–Kier alpha value is -4.91. The molecule has 2 fully saturated rings. The maximum absolute atomic E-state index is 12.8. The third-order valence-electron chi connectivity index (χ3n) is 6.21. The molecule has 4 rings (SSSR count). The van der Waals surface area contributed by atoms with Crippen molar-refractivity contribution >= 4 is 29.5 Å². The van der Waals surface area contributed by atoms with Crippen LogP contribution in [-0.4, -0.2) is 53.4 Å². The molecular weight excluding hydrogens is 647 g/mol. The molecule has 0 spiro atoms. The summed E-state index contributed by atoms with van der Waals surface area (Å²) in [7, 11) is 0. The summed E-state index contributed by atoms with van der Waals surface area (Å²) in [6.07, 6.45) is 6.11. The second kappa shape index (κ2) is 22.6. The summed E-state index contributed by atoms with van der Waals surface area (Å²) >= 11 is 0. The summed E-state index contributed by atoms with van der Waals surface area (Å²) in [5, 5.41) is 21.5. The summed E-state index contributed by atoms with van der Waals surface area (Å²) in [6, 6.07) is 7.72. The maximum atomic E-state index is 12.8. The Bertz CT molecular complexity index is 1400. The second-order valence-electron chi connectivity index (χ2n) is 11.8. The lowest BCUT2D eigenvalue weighted by Crippen LogP contribution is -2.23. The Morgan fingerprint density at radius 1 is 0.857 bits per heavy atom. The molecule has 2 aromatic carbocycles. The smallest absolute Gasteiger partial charge is 0.373 e. The van der Waals surface area contributed by atoms with Crippen LogP contribution < -0.4 is 9.47 Å². The number of nitro benzene ring substituents is 2. The fraction of sp³-hybridized carbons (Fsp3) is 0.559. The molecular formula is C34H47FN2O12. The minimum Gasteiger partial charge on any atom is -0.487 e.